The van der Waals surface area contributed by atoms with E-state index in [2.05, 4.69) is 34.0 Å². The quantitative estimate of drug-likeness (QED) is 0.772. The SMILES string of the molecule is CC(C)Cn1ccnc1CNC(=O)NC1CCC(O)CC1. The molecule has 1 saturated carbocycles. The summed E-state index contributed by atoms with van der Waals surface area (Å²) in [6.07, 6.45) is 6.73. The third-order valence-electron chi connectivity index (χ3n) is 3.80. The minimum absolute atomic E-state index is 0.157. The van der Waals surface area contributed by atoms with E-state index in [1.165, 1.54) is 0 Å². The van der Waals surface area contributed by atoms with Crippen LogP contribution < -0.4 is 10.6 Å². The van der Waals surface area contributed by atoms with Crippen molar-refractivity contribution in [1.29, 1.82) is 0 Å². The second-order valence-corrected chi connectivity index (χ2v) is 6.22. The second-order valence-electron chi connectivity index (χ2n) is 6.22. The molecule has 1 aliphatic carbocycles. The number of aromatic nitrogens is 2. The van der Waals surface area contributed by atoms with E-state index in [9.17, 15) is 9.90 Å². The van der Waals surface area contributed by atoms with Gasteiger partial charge >= 0.3 is 6.03 Å². The van der Waals surface area contributed by atoms with Crippen LogP contribution in [-0.4, -0.2) is 32.8 Å². The van der Waals surface area contributed by atoms with Gasteiger partial charge in [0.05, 0.1) is 12.6 Å². The molecule has 0 radical (unpaired) electrons. The Morgan fingerprint density at radius 1 is 1.43 bits per heavy atom. The van der Waals surface area contributed by atoms with Crippen molar-refractivity contribution in [2.45, 2.75) is 64.8 Å². The molecule has 118 valence electrons. The van der Waals surface area contributed by atoms with E-state index in [0.29, 0.717) is 12.5 Å². The van der Waals surface area contributed by atoms with Crippen LogP contribution in [0.4, 0.5) is 4.79 Å². The largest absolute Gasteiger partial charge is 0.393 e. The van der Waals surface area contributed by atoms with Crippen LogP contribution in [0.5, 0.6) is 0 Å². The van der Waals surface area contributed by atoms with Crippen LogP contribution in [0.15, 0.2) is 12.4 Å². The fourth-order valence-electron chi connectivity index (χ4n) is 2.68. The fraction of sp³-hybridized carbons (Fsp3) is 0.733. The monoisotopic (exact) mass is 294 g/mol. The molecule has 0 atom stereocenters. The molecular weight excluding hydrogens is 268 g/mol. The number of hydrogen-bond acceptors (Lipinski definition) is 3. The maximum absolute atomic E-state index is 11.9. The summed E-state index contributed by atoms with van der Waals surface area (Å²) >= 11 is 0. The molecule has 0 bridgehead atoms. The van der Waals surface area contributed by atoms with Crippen LogP contribution in [0.1, 0.15) is 45.4 Å². The number of aliphatic hydroxyl groups is 1. The molecule has 1 aromatic rings. The van der Waals surface area contributed by atoms with Crippen LogP contribution in [0, 0.1) is 5.92 Å². The molecule has 6 heteroatoms. The number of hydrogen-bond donors (Lipinski definition) is 3. The number of carbonyl (C=O) groups is 1. The van der Waals surface area contributed by atoms with Gasteiger partial charge in [0.2, 0.25) is 0 Å². The normalized spacial score (nSPS) is 22.3. The number of carbonyl (C=O) groups excluding carboxylic acids is 1. The van der Waals surface area contributed by atoms with Gasteiger partial charge in [-0.25, -0.2) is 9.78 Å². The van der Waals surface area contributed by atoms with E-state index in [1.807, 2.05) is 6.20 Å². The molecule has 0 unspecified atom stereocenters. The molecule has 2 amide bonds. The van der Waals surface area contributed by atoms with Gasteiger partial charge in [-0.05, 0) is 31.6 Å². The lowest BCUT2D eigenvalue weighted by Crippen LogP contribution is -2.44. The molecule has 0 saturated heterocycles. The number of rotatable bonds is 5. The highest BCUT2D eigenvalue weighted by molar-refractivity contribution is 5.74. The van der Waals surface area contributed by atoms with Gasteiger partial charge in [-0.2, -0.15) is 0 Å². The van der Waals surface area contributed by atoms with E-state index in [0.717, 1.165) is 38.1 Å². The van der Waals surface area contributed by atoms with Gasteiger partial charge < -0.3 is 20.3 Å². The number of amides is 2. The molecule has 1 heterocycles. The van der Waals surface area contributed by atoms with Gasteiger partial charge in [-0.1, -0.05) is 13.8 Å². The second kappa shape index (κ2) is 7.45. The Kier molecular flexibility index (Phi) is 5.61. The summed E-state index contributed by atoms with van der Waals surface area (Å²) in [5.41, 5.74) is 0. The predicted octanol–water partition coefficient (Wildman–Crippen LogP) is 1.64. The number of nitrogens with zero attached hydrogens (tertiary/aromatic N) is 2. The van der Waals surface area contributed by atoms with Gasteiger partial charge in [-0.3, -0.25) is 0 Å². The molecule has 0 spiro atoms. The van der Waals surface area contributed by atoms with Crippen molar-refractivity contribution < 1.29 is 9.90 Å². The Morgan fingerprint density at radius 2 is 2.14 bits per heavy atom. The highest BCUT2D eigenvalue weighted by atomic mass is 16.3. The summed E-state index contributed by atoms with van der Waals surface area (Å²) in [4.78, 5) is 16.2. The van der Waals surface area contributed by atoms with Crippen LogP contribution in [0.2, 0.25) is 0 Å². The van der Waals surface area contributed by atoms with Crippen molar-refractivity contribution in [1.82, 2.24) is 20.2 Å². The van der Waals surface area contributed by atoms with Crippen molar-refractivity contribution in [2.75, 3.05) is 0 Å². The lowest BCUT2D eigenvalue weighted by atomic mass is 9.93. The zero-order chi connectivity index (χ0) is 15.2. The van der Waals surface area contributed by atoms with Crippen molar-refractivity contribution in [2.24, 2.45) is 5.92 Å². The number of urea groups is 1. The Hall–Kier alpha value is -1.56. The smallest absolute Gasteiger partial charge is 0.315 e. The summed E-state index contributed by atoms with van der Waals surface area (Å²) in [5, 5.41) is 15.3. The predicted molar refractivity (Wildman–Crippen MR) is 80.7 cm³/mol. The van der Waals surface area contributed by atoms with Gasteiger partial charge in [0.15, 0.2) is 0 Å². The third-order valence-corrected chi connectivity index (χ3v) is 3.80. The zero-order valence-electron chi connectivity index (χ0n) is 12.9. The standard InChI is InChI=1S/C15H26N4O2/c1-11(2)10-19-8-7-16-14(19)9-17-15(21)18-12-3-5-13(20)6-4-12/h7-8,11-13,20H,3-6,9-10H2,1-2H3,(H2,17,18,21). The van der Waals surface area contributed by atoms with Crippen LogP contribution in [0.25, 0.3) is 0 Å². The van der Waals surface area contributed by atoms with E-state index in [1.54, 1.807) is 6.20 Å². The molecule has 1 aliphatic rings. The maximum Gasteiger partial charge on any atom is 0.315 e. The van der Waals surface area contributed by atoms with Crippen LogP contribution in [0.3, 0.4) is 0 Å². The van der Waals surface area contributed by atoms with Gasteiger partial charge in [0, 0.05) is 25.0 Å². The molecule has 6 nitrogen and oxygen atoms in total. The van der Waals surface area contributed by atoms with Crippen LogP contribution in [-0.2, 0) is 13.1 Å². The zero-order valence-corrected chi connectivity index (χ0v) is 12.9. The fourth-order valence-corrected chi connectivity index (χ4v) is 2.68. The molecule has 21 heavy (non-hydrogen) atoms. The molecule has 0 aromatic carbocycles. The van der Waals surface area contributed by atoms with E-state index in [-0.39, 0.29) is 18.2 Å². The van der Waals surface area contributed by atoms with E-state index in [4.69, 9.17) is 0 Å². The molecule has 2 rings (SSSR count). The first-order valence-corrected chi connectivity index (χ1v) is 7.77. The highest BCUT2D eigenvalue weighted by Crippen LogP contribution is 2.18. The average Bonchev–Trinajstić information content (AvgIpc) is 2.85. The number of aliphatic hydroxyl groups excluding tert-OH is 1. The molecule has 1 aromatic heterocycles. The first-order chi connectivity index (χ1) is 10.0. The lowest BCUT2D eigenvalue weighted by Gasteiger charge is -2.26. The van der Waals surface area contributed by atoms with E-state index < -0.39 is 0 Å². The Morgan fingerprint density at radius 3 is 2.81 bits per heavy atom. The molecule has 0 aliphatic heterocycles. The van der Waals surface area contributed by atoms with Gasteiger partial charge in [0.1, 0.15) is 5.82 Å². The topological polar surface area (TPSA) is 79.2 Å². The van der Waals surface area contributed by atoms with Crippen molar-refractivity contribution >= 4 is 6.03 Å². The first-order valence-electron chi connectivity index (χ1n) is 7.77. The average molecular weight is 294 g/mol. The summed E-state index contributed by atoms with van der Waals surface area (Å²) in [6, 6.07) is 0.0132. The van der Waals surface area contributed by atoms with Gasteiger partial charge in [0.25, 0.3) is 0 Å². The molecule has 1 fully saturated rings. The minimum Gasteiger partial charge on any atom is -0.393 e. The molecular formula is C15H26N4O2. The van der Waals surface area contributed by atoms with Gasteiger partial charge in [-0.15, -0.1) is 0 Å². The number of imidazole rings is 1. The maximum atomic E-state index is 11.9. The molecule has 3 N–H and O–H groups in total. The lowest BCUT2D eigenvalue weighted by molar-refractivity contribution is 0.117. The summed E-state index contributed by atoms with van der Waals surface area (Å²) in [5.74, 6) is 1.42. The summed E-state index contributed by atoms with van der Waals surface area (Å²) in [7, 11) is 0. The summed E-state index contributed by atoms with van der Waals surface area (Å²) in [6.45, 7) is 5.64. The Labute approximate surface area is 125 Å². The minimum atomic E-state index is -0.199. The highest BCUT2D eigenvalue weighted by Gasteiger charge is 2.20. The Balaban J connectivity index is 1.75. The first kappa shape index (κ1) is 15.8. The van der Waals surface area contributed by atoms with Crippen molar-refractivity contribution in [3.63, 3.8) is 0 Å². The van der Waals surface area contributed by atoms with E-state index >= 15 is 0 Å². The summed E-state index contributed by atoms with van der Waals surface area (Å²) < 4.78 is 2.07. The number of nitrogens with one attached hydrogen (secondary N) is 2. The van der Waals surface area contributed by atoms with Crippen LogP contribution >= 0.6 is 0 Å². The van der Waals surface area contributed by atoms with Crippen molar-refractivity contribution in [3.05, 3.63) is 18.2 Å². The third kappa shape index (κ3) is 5.04. The van der Waals surface area contributed by atoms with Crippen molar-refractivity contribution in [3.8, 4) is 0 Å². The Bertz CT molecular complexity index is 450.